The second-order valence-corrected chi connectivity index (χ2v) is 4.95. The summed E-state index contributed by atoms with van der Waals surface area (Å²) in [4.78, 5) is 2.16. The van der Waals surface area contributed by atoms with Crippen LogP contribution in [0.2, 0.25) is 0 Å². The fourth-order valence-corrected chi connectivity index (χ4v) is 1.60. The van der Waals surface area contributed by atoms with Crippen LogP contribution in [0.5, 0.6) is 0 Å². The van der Waals surface area contributed by atoms with E-state index in [1.165, 1.54) is 5.56 Å². The van der Waals surface area contributed by atoms with Gasteiger partial charge in [-0.15, -0.1) is 0 Å². The van der Waals surface area contributed by atoms with Crippen LogP contribution in [0.1, 0.15) is 32.0 Å². The Morgan fingerprint density at radius 1 is 1.50 bits per heavy atom. The third-order valence-corrected chi connectivity index (χ3v) is 3.15. The Labute approximate surface area is 97.9 Å². The molecule has 4 heteroatoms. The molecule has 0 spiro atoms. The van der Waals surface area contributed by atoms with Crippen molar-refractivity contribution in [1.82, 2.24) is 14.7 Å². The van der Waals surface area contributed by atoms with Gasteiger partial charge in [-0.05, 0) is 27.3 Å². The van der Waals surface area contributed by atoms with E-state index in [9.17, 15) is 5.11 Å². The molecule has 0 saturated carbocycles. The van der Waals surface area contributed by atoms with Crippen molar-refractivity contribution >= 4 is 0 Å². The summed E-state index contributed by atoms with van der Waals surface area (Å²) in [5, 5.41) is 13.7. The van der Waals surface area contributed by atoms with E-state index in [-0.39, 0.29) is 12.1 Å². The van der Waals surface area contributed by atoms with Crippen molar-refractivity contribution in [3.63, 3.8) is 0 Å². The monoisotopic (exact) mass is 225 g/mol. The molecule has 0 radical (unpaired) electrons. The van der Waals surface area contributed by atoms with Crippen LogP contribution in [0.25, 0.3) is 0 Å². The zero-order chi connectivity index (χ0) is 12.3. The fourth-order valence-electron chi connectivity index (χ4n) is 1.60. The highest BCUT2D eigenvalue weighted by atomic mass is 16.3. The highest BCUT2D eigenvalue weighted by Crippen LogP contribution is 2.17. The van der Waals surface area contributed by atoms with Crippen LogP contribution in [-0.2, 0) is 20.0 Å². The molecule has 1 rings (SSSR count). The quantitative estimate of drug-likeness (QED) is 0.818. The first-order valence-electron chi connectivity index (χ1n) is 5.74. The summed E-state index contributed by atoms with van der Waals surface area (Å²) < 4.78 is 1.86. The van der Waals surface area contributed by atoms with Crippen LogP contribution in [0.15, 0.2) is 6.20 Å². The minimum atomic E-state index is -0.194. The number of aliphatic hydroxyl groups is 1. The summed E-state index contributed by atoms with van der Waals surface area (Å²) in [6.45, 7) is 7.17. The highest BCUT2D eigenvalue weighted by molar-refractivity contribution is 5.17. The van der Waals surface area contributed by atoms with Crippen molar-refractivity contribution in [2.45, 2.75) is 39.3 Å². The fraction of sp³-hybridized carbons (Fsp3) is 0.750. The Hall–Kier alpha value is -0.870. The predicted octanol–water partition coefficient (Wildman–Crippen LogP) is 1.19. The van der Waals surface area contributed by atoms with Crippen molar-refractivity contribution in [1.29, 1.82) is 0 Å². The number of aromatic nitrogens is 2. The third-order valence-electron chi connectivity index (χ3n) is 3.15. The van der Waals surface area contributed by atoms with Gasteiger partial charge in [-0.3, -0.25) is 9.58 Å². The lowest BCUT2D eigenvalue weighted by Crippen LogP contribution is -2.43. The maximum Gasteiger partial charge on any atom is 0.0666 e. The summed E-state index contributed by atoms with van der Waals surface area (Å²) in [5.74, 6) is 0. The number of likely N-dealkylation sites (N-methyl/N-ethyl adjacent to an activating group) is 1. The largest absolute Gasteiger partial charge is 0.394 e. The van der Waals surface area contributed by atoms with Crippen molar-refractivity contribution in [2.75, 3.05) is 13.7 Å². The van der Waals surface area contributed by atoms with Crippen molar-refractivity contribution < 1.29 is 5.11 Å². The second-order valence-electron chi connectivity index (χ2n) is 4.95. The Morgan fingerprint density at radius 2 is 2.12 bits per heavy atom. The molecule has 0 atom stereocenters. The van der Waals surface area contributed by atoms with Crippen LogP contribution in [0.3, 0.4) is 0 Å². The first kappa shape index (κ1) is 13.2. The van der Waals surface area contributed by atoms with Crippen molar-refractivity contribution in [2.24, 2.45) is 7.05 Å². The Balaban J connectivity index is 2.80. The molecule has 4 nitrogen and oxygen atoms in total. The van der Waals surface area contributed by atoms with E-state index in [0.717, 1.165) is 18.7 Å². The van der Waals surface area contributed by atoms with Gasteiger partial charge < -0.3 is 5.11 Å². The third kappa shape index (κ3) is 2.83. The first-order valence-corrected chi connectivity index (χ1v) is 5.74. The smallest absolute Gasteiger partial charge is 0.0666 e. The minimum Gasteiger partial charge on any atom is -0.394 e. The molecule has 0 saturated heterocycles. The number of hydrogen-bond donors (Lipinski definition) is 1. The van der Waals surface area contributed by atoms with E-state index < -0.39 is 0 Å². The Bertz CT molecular complexity index is 344. The summed E-state index contributed by atoms with van der Waals surface area (Å²) in [6, 6.07) is 0. The molecule has 1 aromatic heterocycles. The van der Waals surface area contributed by atoms with E-state index >= 15 is 0 Å². The van der Waals surface area contributed by atoms with Gasteiger partial charge in [-0.25, -0.2) is 0 Å². The first-order chi connectivity index (χ1) is 7.40. The molecule has 0 amide bonds. The van der Waals surface area contributed by atoms with E-state index in [1.807, 2.05) is 32.6 Å². The predicted molar refractivity (Wildman–Crippen MR) is 65.2 cm³/mol. The summed E-state index contributed by atoms with van der Waals surface area (Å²) >= 11 is 0. The lowest BCUT2D eigenvalue weighted by atomic mass is 10.0. The van der Waals surface area contributed by atoms with E-state index in [2.05, 4.69) is 23.1 Å². The van der Waals surface area contributed by atoms with Gasteiger partial charge in [0.25, 0.3) is 0 Å². The standard InChI is InChI=1S/C12H23N3O/c1-6-11-10(8-15(5)13-11)7-14(4)12(2,3)9-16/h8,16H,6-7,9H2,1-5H3. The molecule has 0 unspecified atom stereocenters. The van der Waals surface area contributed by atoms with Crippen molar-refractivity contribution in [3.8, 4) is 0 Å². The average Bonchev–Trinajstić information content (AvgIpc) is 2.58. The normalized spacial score (nSPS) is 12.4. The lowest BCUT2D eigenvalue weighted by Gasteiger charge is -2.33. The van der Waals surface area contributed by atoms with Crippen molar-refractivity contribution in [3.05, 3.63) is 17.5 Å². The number of nitrogens with zero attached hydrogens (tertiary/aromatic N) is 3. The Kier molecular flexibility index (Phi) is 4.10. The molecule has 0 aliphatic carbocycles. The number of aliphatic hydroxyl groups excluding tert-OH is 1. The van der Waals surface area contributed by atoms with Gasteiger partial charge >= 0.3 is 0 Å². The van der Waals surface area contributed by atoms with Gasteiger partial charge in [0, 0.05) is 30.9 Å². The maximum absolute atomic E-state index is 9.31. The van der Waals surface area contributed by atoms with Crippen LogP contribution in [-0.4, -0.2) is 39.0 Å². The van der Waals surface area contributed by atoms with E-state index in [1.54, 1.807) is 0 Å². The van der Waals surface area contributed by atoms with Gasteiger partial charge in [0.1, 0.15) is 0 Å². The topological polar surface area (TPSA) is 41.3 Å². The molecule has 16 heavy (non-hydrogen) atoms. The van der Waals surface area contributed by atoms with Crippen LogP contribution < -0.4 is 0 Å². The van der Waals surface area contributed by atoms with Crippen LogP contribution >= 0.6 is 0 Å². The molecular formula is C12H23N3O. The zero-order valence-corrected chi connectivity index (χ0v) is 11.0. The summed E-state index contributed by atoms with van der Waals surface area (Å²) in [5.41, 5.74) is 2.19. The van der Waals surface area contributed by atoms with Gasteiger partial charge in [0.15, 0.2) is 0 Å². The molecule has 0 bridgehead atoms. The summed E-state index contributed by atoms with van der Waals surface area (Å²) in [6.07, 6.45) is 3.01. The van der Waals surface area contributed by atoms with Gasteiger partial charge in [-0.2, -0.15) is 5.10 Å². The number of rotatable bonds is 5. The van der Waals surface area contributed by atoms with E-state index in [4.69, 9.17) is 0 Å². The molecular weight excluding hydrogens is 202 g/mol. The molecule has 0 aromatic carbocycles. The molecule has 1 heterocycles. The Morgan fingerprint density at radius 3 is 2.62 bits per heavy atom. The molecule has 1 aromatic rings. The molecule has 1 N–H and O–H groups in total. The van der Waals surface area contributed by atoms with Gasteiger partial charge in [0.2, 0.25) is 0 Å². The maximum atomic E-state index is 9.31. The molecule has 92 valence electrons. The zero-order valence-electron chi connectivity index (χ0n) is 11.0. The van der Waals surface area contributed by atoms with E-state index in [0.29, 0.717) is 0 Å². The SMILES string of the molecule is CCc1nn(C)cc1CN(C)C(C)(C)CO. The molecule has 0 fully saturated rings. The number of aryl methyl sites for hydroxylation is 2. The van der Waals surface area contributed by atoms with Crippen LogP contribution in [0.4, 0.5) is 0 Å². The average molecular weight is 225 g/mol. The summed E-state index contributed by atoms with van der Waals surface area (Å²) in [7, 11) is 3.97. The van der Waals surface area contributed by atoms with Crippen LogP contribution in [0, 0.1) is 0 Å². The second kappa shape index (κ2) is 4.97. The lowest BCUT2D eigenvalue weighted by molar-refractivity contribution is 0.0732. The minimum absolute atomic E-state index is 0.158. The van der Waals surface area contributed by atoms with Gasteiger partial charge in [0.05, 0.1) is 12.3 Å². The van der Waals surface area contributed by atoms with Gasteiger partial charge in [-0.1, -0.05) is 6.92 Å². The molecule has 0 aliphatic heterocycles. The highest BCUT2D eigenvalue weighted by Gasteiger charge is 2.23. The molecule has 0 aliphatic rings. The number of hydrogen-bond acceptors (Lipinski definition) is 3.